The van der Waals surface area contributed by atoms with Crippen molar-refractivity contribution in [1.29, 1.82) is 0 Å². The number of benzene rings is 2. The summed E-state index contributed by atoms with van der Waals surface area (Å²) in [7, 11) is 0. The van der Waals surface area contributed by atoms with E-state index in [2.05, 4.69) is 59.1 Å². The van der Waals surface area contributed by atoms with Crippen LogP contribution in [0.2, 0.25) is 0 Å². The Hall–Kier alpha value is -2.66. The van der Waals surface area contributed by atoms with Crippen LogP contribution in [0.4, 0.5) is 5.82 Å². The SMILES string of the molecule is Cc1ccc(CNC(=S)Nc2ccn(Cc3ccccc3)n2)cc1. The predicted octanol–water partition coefficient (Wildman–Crippen LogP) is 3.73. The molecular weight excluding hydrogens is 316 g/mol. The van der Waals surface area contributed by atoms with Crippen LogP contribution in [-0.2, 0) is 13.1 Å². The third-order valence-corrected chi connectivity index (χ3v) is 3.89. The van der Waals surface area contributed by atoms with Gasteiger partial charge in [-0.25, -0.2) is 0 Å². The zero-order chi connectivity index (χ0) is 16.8. The van der Waals surface area contributed by atoms with Crippen LogP contribution in [0.3, 0.4) is 0 Å². The highest BCUT2D eigenvalue weighted by Gasteiger charge is 2.02. The van der Waals surface area contributed by atoms with E-state index in [0.717, 1.165) is 12.4 Å². The molecule has 0 unspecified atom stereocenters. The van der Waals surface area contributed by atoms with Gasteiger partial charge in [0, 0.05) is 18.8 Å². The number of aryl methyl sites for hydroxylation is 1. The van der Waals surface area contributed by atoms with Gasteiger partial charge >= 0.3 is 0 Å². The Bertz CT molecular complexity index is 794. The molecular formula is C19H20N4S. The van der Waals surface area contributed by atoms with E-state index in [1.54, 1.807) is 0 Å². The summed E-state index contributed by atoms with van der Waals surface area (Å²) in [4.78, 5) is 0. The van der Waals surface area contributed by atoms with E-state index in [0.29, 0.717) is 11.7 Å². The molecule has 0 spiro atoms. The minimum atomic E-state index is 0.570. The van der Waals surface area contributed by atoms with E-state index in [4.69, 9.17) is 12.2 Å². The molecule has 1 aromatic heterocycles. The molecule has 122 valence electrons. The van der Waals surface area contributed by atoms with Crippen LogP contribution in [-0.4, -0.2) is 14.9 Å². The van der Waals surface area contributed by atoms with Gasteiger partial charge in [-0.15, -0.1) is 0 Å². The van der Waals surface area contributed by atoms with Crippen LogP contribution >= 0.6 is 12.2 Å². The molecule has 0 saturated carbocycles. The minimum Gasteiger partial charge on any atom is -0.358 e. The third kappa shape index (κ3) is 4.67. The molecule has 0 bridgehead atoms. The maximum Gasteiger partial charge on any atom is 0.172 e. The number of thiocarbonyl (C=S) groups is 1. The van der Waals surface area contributed by atoms with Gasteiger partial charge < -0.3 is 10.6 Å². The Morgan fingerprint density at radius 1 is 1.00 bits per heavy atom. The summed E-state index contributed by atoms with van der Waals surface area (Å²) >= 11 is 5.33. The van der Waals surface area contributed by atoms with Gasteiger partial charge in [0.15, 0.2) is 10.9 Å². The van der Waals surface area contributed by atoms with E-state index in [1.807, 2.05) is 35.1 Å². The number of hydrogen-bond donors (Lipinski definition) is 2. The van der Waals surface area contributed by atoms with Gasteiger partial charge in [-0.2, -0.15) is 5.10 Å². The summed E-state index contributed by atoms with van der Waals surface area (Å²) in [5, 5.41) is 11.4. The van der Waals surface area contributed by atoms with Gasteiger partial charge in [0.1, 0.15) is 0 Å². The predicted molar refractivity (Wildman–Crippen MR) is 102 cm³/mol. The fourth-order valence-corrected chi connectivity index (χ4v) is 2.51. The number of anilines is 1. The van der Waals surface area contributed by atoms with E-state index in [-0.39, 0.29) is 0 Å². The first-order valence-corrected chi connectivity index (χ1v) is 8.28. The van der Waals surface area contributed by atoms with Crippen LogP contribution in [0.1, 0.15) is 16.7 Å². The zero-order valence-corrected chi connectivity index (χ0v) is 14.4. The zero-order valence-electron chi connectivity index (χ0n) is 13.6. The maximum absolute atomic E-state index is 5.33. The van der Waals surface area contributed by atoms with Crippen molar-refractivity contribution in [2.24, 2.45) is 0 Å². The quantitative estimate of drug-likeness (QED) is 0.697. The second kappa shape index (κ2) is 7.75. The van der Waals surface area contributed by atoms with Crippen LogP contribution in [0, 0.1) is 6.92 Å². The van der Waals surface area contributed by atoms with Gasteiger partial charge in [-0.1, -0.05) is 60.2 Å². The van der Waals surface area contributed by atoms with Crippen LogP contribution in [0.25, 0.3) is 0 Å². The van der Waals surface area contributed by atoms with Crippen LogP contribution < -0.4 is 10.6 Å². The van der Waals surface area contributed by atoms with Gasteiger partial charge in [-0.05, 0) is 30.3 Å². The van der Waals surface area contributed by atoms with E-state index < -0.39 is 0 Å². The first-order chi connectivity index (χ1) is 11.7. The summed E-state index contributed by atoms with van der Waals surface area (Å²) in [6, 6.07) is 20.5. The molecule has 0 amide bonds. The number of aromatic nitrogens is 2. The minimum absolute atomic E-state index is 0.570. The van der Waals surface area contributed by atoms with Gasteiger partial charge in [0.25, 0.3) is 0 Å². The molecule has 0 atom stereocenters. The fourth-order valence-electron chi connectivity index (χ4n) is 2.34. The van der Waals surface area contributed by atoms with Crippen molar-refractivity contribution in [1.82, 2.24) is 15.1 Å². The molecule has 3 rings (SSSR count). The Morgan fingerprint density at radius 2 is 1.75 bits per heavy atom. The third-order valence-electron chi connectivity index (χ3n) is 3.64. The lowest BCUT2D eigenvalue weighted by atomic mass is 10.1. The highest BCUT2D eigenvalue weighted by molar-refractivity contribution is 7.80. The smallest absolute Gasteiger partial charge is 0.172 e. The highest BCUT2D eigenvalue weighted by Crippen LogP contribution is 2.07. The average Bonchev–Trinajstić information content (AvgIpc) is 3.02. The monoisotopic (exact) mass is 336 g/mol. The van der Waals surface area contributed by atoms with Gasteiger partial charge in [0.05, 0.1) is 6.54 Å². The molecule has 0 fully saturated rings. The molecule has 0 aliphatic heterocycles. The highest BCUT2D eigenvalue weighted by atomic mass is 32.1. The second-order valence-electron chi connectivity index (χ2n) is 5.68. The van der Waals surface area contributed by atoms with E-state index in [9.17, 15) is 0 Å². The first kappa shape index (κ1) is 16.2. The summed E-state index contributed by atoms with van der Waals surface area (Å²) in [5.41, 5.74) is 3.66. The lowest BCUT2D eigenvalue weighted by molar-refractivity contribution is 0.690. The summed E-state index contributed by atoms with van der Waals surface area (Å²) in [5.74, 6) is 0.743. The van der Waals surface area contributed by atoms with Crippen molar-refractivity contribution in [2.75, 3.05) is 5.32 Å². The molecule has 4 nitrogen and oxygen atoms in total. The molecule has 0 aliphatic carbocycles. The topological polar surface area (TPSA) is 41.9 Å². The average molecular weight is 336 g/mol. The molecule has 3 aromatic rings. The normalized spacial score (nSPS) is 10.4. The fraction of sp³-hybridized carbons (Fsp3) is 0.158. The van der Waals surface area contributed by atoms with Gasteiger partial charge in [-0.3, -0.25) is 4.68 Å². The van der Waals surface area contributed by atoms with Crippen LogP contribution in [0.15, 0.2) is 66.9 Å². The number of hydrogen-bond acceptors (Lipinski definition) is 2. The molecule has 2 aromatic carbocycles. The van der Waals surface area contributed by atoms with Crippen molar-refractivity contribution in [3.8, 4) is 0 Å². The second-order valence-corrected chi connectivity index (χ2v) is 6.09. The molecule has 1 heterocycles. The Morgan fingerprint density at radius 3 is 2.50 bits per heavy atom. The molecule has 0 radical (unpaired) electrons. The Kier molecular flexibility index (Phi) is 5.23. The Labute approximate surface area is 147 Å². The summed E-state index contributed by atoms with van der Waals surface area (Å²) in [6.45, 7) is 3.51. The standard InChI is InChI=1S/C19H20N4S/c1-15-7-9-16(10-8-15)13-20-19(24)21-18-11-12-23(22-18)14-17-5-3-2-4-6-17/h2-12H,13-14H2,1H3,(H2,20,21,22,24). The maximum atomic E-state index is 5.33. The van der Waals surface area contributed by atoms with Crippen molar-refractivity contribution in [3.63, 3.8) is 0 Å². The van der Waals surface area contributed by atoms with E-state index in [1.165, 1.54) is 16.7 Å². The number of rotatable bonds is 5. The van der Waals surface area contributed by atoms with Crippen LogP contribution in [0.5, 0.6) is 0 Å². The first-order valence-electron chi connectivity index (χ1n) is 7.87. The molecule has 0 aliphatic rings. The number of nitrogens with one attached hydrogen (secondary N) is 2. The number of nitrogens with zero attached hydrogens (tertiary/aromatic N) is 2. The van der Waals surface area contributed by atoms with Crippen molar-refractivity contribution in [3.05, 3.63) is 83.6 Å². The van der Waals surface area contributed by atoms with Gasteiger partial charge in [0.2, 0.25) is 0 Å². The van der Waals surface area contributed by atoms with Crippen molar-refractivity contribution < 1.29 is 0 Å². The lowest BCUT2D eigenvalue weighted by Gasteiger charge is -2.09. The van der Waals surface area contributed by atoms with Crippen molar-refractivity contribution >= 4 is 23.1 Å². The molecule has 24 heavy (non-hydrogen) atoms. The molecule has 0 saturated heterocycles. The van der Waals surface area contributed by atoms with Crippen molar-refractivity contribution in [2.45, 2.75) is 20.0 Å². The molecule has 2 N–H and O–H groups in total. The summed E-state index contributed by atoms with van der Waals surface area (Å²) < 4.78 is 1.89. The molecule has 5 heteroatoms. The summed E-state index contributed by atoms with van der Waals surface area (Å²) in [6.07, 6.45) is 1.94. The Balaban J connectivity index is 1.50. The van der Waals surface area contributed by atoms with E-state index >= 15 is 0 Å². The lowest BCUT2D eigenvalue weighted by Crippen LogP contribution is -2.28. The largest absolute Gasteiger partial charge is 0.358 e.